The fraction of sp³-hybridized carbons (Fsp3) is 0.450. The summed E-state index contributed by atoms with van der Waals surface area (Å²) in [5.41, 5.74) is 6.38. The molecule has 1 aromatic rings. The van der Waals surface area contributed by atoms with E-state index in [1.807, 2.05) is 0 Å². The van der Waals surface area contributed by atoms with Crippen molar-refractivity contribution in [3.05, 3.63) is 51.2 Å². The number of ether oxygens (including phenoxy) is 2. The first-order valence-electron chi connectivity index (χ1n) is 9.27. The van der Waals surface area contributed by atoms with E-state index in [4.69, 9.17) is 15.2 Å². The summed E-state index contributed by atoms with van der Waals surface area (Å²) in [4.78, 5) is 40.9. The molecule has 1 aliphatic rings. The molecule has 9 heteroatoms. The number of para-hydroxylation sites is 1. The number of methoxy groups -OCH3 is 1. The van der Waals surface area contributed by atoms with Crippen LogP contribution >= 0.6 is 0 Å². The van der Waals surface area contributed by atoms with Crippen molar-refractivity contribution in [1.82, 2.24) is 0 Å². The fourth-order valence-corrected chi connectivity index (χ4v) is 3.48. The second-order valence-electron chi connectivity index (χ2n) is 6.68. The lowest BCUT2D eigenvalue weighted by molar-refractivity contribution is -0.385. The van der Waals surface area contributed by atoms with Crippen molar-refractivity contribution in [2.24, 2.45) is 16.6 Å². The standard InChI is InChI=1S/C20H25N3O6/c1-12-16(19(24)28-3)18(14-8-4-5-9-15(14)23(26)27)17(13(2)22-12)20(25)29-11-7-6-10-21/h4-5,8-9,16,18H,6-7,10-11,21H2,1-3H3. The summed E-state index contributed by atoms with van der Waals surface area (Å²) < 4.78 is 10.3. The van der Waals surface area contributed by atoms with Crippen molar-refractivity contribution >= 4 is 23.3 Å². The topological polar surface area (TPSA) is 134 Å². The highest BCUT2D eigenvalue weighted by Crippen LogP contribution is 2.43. The van der Waals surface area contributed by atoms with Gasteiger partial charge in [-0.2, -0.15) is 0 Å². The van der Waals surface area contributed by atoms with Gasteiger partial charge in [-0.1, -0.05) is 18.2 Å². The second-order valence-corrected chi connectivity index (χ2v) is 6.68. The Morgan fingerprint density at radius 3 is 2.55 bits per heavy atom. The minimum Gasteiger partial charge on any atom is -0.468 e. The molecule has 0 saturated heterocycles. The lowest BCUT2D eigenvalue weighted by atomic mass is 9.75. The number of hydrogen-bond acceptors (Lipinski definition) is 8. The van der Waals surface area contributed by atoms with Crippen LogP contribution < -0.4 is 5.73 Å². The molecular weight excluding hydrogens is 378 g/mol. The summed E-state index contributed by atoms with van der Waals surface area (Å²) in [5, 5.41) is 11.6. The molecule has 9 nitrogen and oxygen atoms in total. The zero-order chi connectivity index (χ0) is 21.6. The average Bonchev–Trinajstić information content (AvgIpc) is 2.69. The molecule has 2 N–H and O–H groups in total. The lowest BCUT2D eigenvalue weighted by Gasteiger charge is -2.31. The van der Waals surface area contributed by atoms with E-state index in [9.17, 15) is 19.7 Å². The largest absolute Gasteiger partial charge is 0.468 e. The Hall–Kier alpha value is -3.07. The minimum absolute atomic E-state index is 0.119. The van der Waals surface area contributed by atoms with Crippen LogP contribution in [-0.2, 0) is 19.1 Å². The predicted octanol–water partition coefficient (Wildman–Crippen LogP) is 2.50. The van der Waals surface area contributed by atoms with E-state index in [0.29, 0.717) is 30.8 Å². The zero-order valence-corrected chi connectivity index (χ0v) is 16.7. The summed E-state index contributed by atoms with van der Waals surface area (Å²) >= 11 is 0. The van der Waals surface area contributed by atoms with Crippen molar-refractivity contribution < 1.29 is 24.0 Å². The van der Waals surface area contributed by atoms with Gasteiger partial charge in [0.05, 0.1) is 24.2 Å². The number of nitrogens with zero attached hydrogens (tertiary/aromatic N) is 2. The van der Waals surface area contributed by atoms with Gasteiger partial charge in [0.2, 0.25) is 0 Å². The molecule has 0 radical (unpaired) electrons. The van der Waals surface area contributed by atoms with E-state index in [0.717, 1.165) is 0 Å². The second kappa shape index (κ2) is 9.92. The maximum absolute atomic E-state index is 12.9. The van der Waals surface area contributed by atoms with Crippen LogP contribution in [0.5, 0.6) is 0 Å². The van der Waals surface area contributed by atoms with Gasteiger partial charge in [0, 0.05) is 29.0 Å². The first-order valence-corrected chi connectivity index (χ1v) is 9.27. The molecule has 0 amide bonds. The third kappa shape index (κ3) is 4.86. The first-order chi connectivity index (χ1) is 13.8. The van der Waals surface area contributed by atoms with E-state index in [1.54, 1.807) is 19.9 Å². The molecule has 0 fully saturated rings. The van der Waals surface area contributed by atoms with Gasteiger partial charge < -0.3 is 15.2 Å². The van der Waals surface area contributed by atoms with Crippen LogP contribution in [0.4, 0.5) is 5.69 Å². The molecular formula is C20H25N3O6. The number of nitro groups is 1. The van der Waals surface area contributed by atoms with Gasteiger partial charge in [0.15, 0.2) is 0 Å². The van der Waals surface area contributed by atoms with Gasteiger partial charge in [-0.05, 0) is 33.2 Å². The highest BCUT2D eigenvalue weighted by atomic mass is 16.6. The third-order valence-corrected chi connectivity index (χ3v) is 4.80. The molecule has 1 aliphatic heterocycles. The van der Waals surface area contributed by atoms with Crippen LogP contribution in [-0.4, -0.2) is 42.8 Å². The van der Waals surface area contributed by atoms with Crippen molar-refractivity contribution in [2.45, 2.75) is 32.6 Å². The molecule has 156 valence electrons. The highest BCUT2D eigenvalue weighted by molar-refractivity contribution is 6.07. The Morgan fingerprint density at radius 2 is 1.93 bits per heavy atom. The maximum atomic E-state index is 12.9. The molecule has 2 unspecified atom stereocenters. The van der Waals surface area contributed by atoms with E-state index < -0.39 is 28.7 Å². The van der Waals surface area contributed by atoms with E-state index in [2.05, 4.69) is 4.99 Å². The van der Waals surface area contributed by atoms with Gasteiger partial charge in [-0.25, -0.2) is 4.79 Å². The van der Waals surface area contributed by atoms with Gasteiger partial charge in [0.1, 0.15) is 5.92 Å². The Bertz CT molecular complexity index is 862. The number of benzene rings is 1. The SMILES string of the molecule is COC(=O)C1C(C)=NC(C)=C(C(=O)OCCCCN)C1c1ccccc1[N+](=O)[O-]. The fourth-order valence-electron chi connectivity index (χ4n) is 3.48. The smallest absolute Gasteiger partial charge is 0.336 e. The molecule has 1 heterocycles. The number of aliphatic imine (C=N–C) groups is 1. The van der Waals surface area contributed by atoms with Crippen LogP contribution in [0.2, 0.25) is 0 Å². The molecule has 29 heavy (non-hydrogen) atoms. The van der Waals surface area contributed by atoms with Gasteiger partial charge >= 0.3 is 11.9 Å². The molecule has 1 aromatic carbocycles. The number of nitrogens with two attached hydrogens (primary N) is 1. The number of allylic oxidation sites excluding steroid dienone is 1. The average molecular weight is 403 g/mol. The number of unbranched alkanes of at least 4 members (excludes halogenated alkanes) is 1. The number of carbonyl (C=O) groups excluding carboxylic acids is 2. The van der Waals surface area contributed by atoms with Gasteiger partial charge in [-0.3, -0.25) is 19.9 Å². The Kier molecular flexibility index (Phi) is 7.60. The van der Waals surface area contributed by atoms with E-state index in [-0.39, 0.29) is 23.4 Å². The van der Waals surface area contributed by atoms with Crippen LogP contribution in [0.25, 0.3) is 0 Å². The summed E-state index contributed by atoms with van der Waals surface area (Å²) in [6.45, 7) is 3.89. The third-order valence-electron chi connectivity index (χ3n) is 4.80. The van der Waals surface area contributed by atoms with Gasteiger partial charge in [0.25, 0.3) is 5.69 Å². The number of rotatable bonds is 8. The lowest BCUT2D eigenvalue weighted by Crippen LogP contribution is -2.36. The van der Waals surface area contributed by atoms with Crippen molar-refractivity contribution in [3.63, 3.8) is 0 Å². The van der Waals surface area contributed by atoms with Crippen LogP contribution in [0.15, 0.2) is 40.5 Å². The Labute approximate surface area is 168 Å². The normalized spacial score (nSPS) is 18.8. The Morgan fingerprint density at radius 1 is 1.24 bits per heavy atom. The minimum atomic E-state index is -0.976. The van der Waals surface area contributed by atoms with Crippen molar-refractivity contribution in [2.75, 3.05) is 20.3 Å². The molecule has 0 aromatic heterocycles. The van der Waals surface area contributed by atoms with E-state index in [1.165, 1.54) is 25.3 Å². The monoisotopic (exact) mass is 403 g/mol. The number of carbonyl (C=O) groups is 2. The zero-order valence-electron chi connectivity index (χ0n) is 16.7. The highest BCUT2D eigenvalue weighted by Gasteiger charge is 2.44. The molecule has 0 aliphatic carbocycles. The quantitative estimate of drug-likeness (QED) is 0.305. The Balaban J connectivity index is 2.58. The van der Waals surface area contributed by atoms with Crippen LogP contribution in [0.1, 0.15) is 38.2 Å². The molecule has 0 bridgehead atoms. The molecule has 2 rings (SSSR count). The van der Waals surface area contributed by atoms with Crippen LogP contribution in [0.3, 0.4) is 0 Å². The number of esters is 2. The van der Waals surface area contributed by atoms with Crippen LogP contribution in [0, 0.1) is 16.0 Å². The molecule has 0 spiro atoms. The van der Waals surface area contributed by atoms with E-state index >= 15 is 0 Å². The first kappa shape index (κ1) is 22.2. The summed E-state index contributed by atoms with van der Waals surface area (Å²) in [7, 11) is 1.22. The molecule has 0 saturated carbocycles. The predicted molar refractivity (Wildman–Crippen MR) is 106 cm³/mol. The molecule has 2 atom stereocenters. The maximum Gasteiger partial charge on any atom is 0.336 e. The van der Waals surface area contributed by atoms with Crippen molar-refractivity contribution in [1.29, 1.82) is 0 Å². The summed E-state index contributed by atoms with van der Waals surface area (Å²) in [5.74, 6) is -3.21. The van der Waals surface area contributed by atoms with Crippen molar-refractivity contribution in [3.8, 4) is 0 Å². The summed E-state index contributed by atoms with van der Waals surface area (Å²) in [6, 6.07) is 6.02. The summed E-state index contributed by atoms with van der Waals surface area (Å²) in [6.07, 6.45) is 1.29. The number of nitro benzene ring substituents is 1. The number of hydrogen-bond donors (Lipinski definition) is 1. The van der Waals surface area contributed by atoms with Gasteiger partial charge in [-0.15, -0.1) is 0 Å².